The van der Waals surface area contributed by atoms with E-state index >= 15 is 0 Å². The van der Waals surface area contributed by atoms with Crippen LogP contribution in [0.2, 0.25) is 5.02 Å². The van der Waals surface area contributed by atoms with Gasteiger partial charge in [-0.05, 0) is 38.9 Å². The Balaban J connectivity index is 1.67. The van der Waals surface area contributed by atoms with Crippen molar-refractivity contribution in [2.75, 3.05) is 48.6 Å². The van der Waals surface area contributed by atoms with Gasteiger partial charge in [0, 0.05) is 31.7 Å². The van der Waals surface area contributed by atoms with Gasteiger partial charge >= 0.3 is 0 Å². The topological polar surface area (TPSA) is 77.6 Å². The van der Waals surface area contributed by atoms with E-state index in [0.29, 0.717) is 22.8 Å². The molecular formula is C16H26ClN5O2S. The zero-order valence-electron chi connectivity index (χ0n) is 14.7. The molecule has 0 spiro atoms. The molecule has 140 valence electrons. The van der Waals surface area contributed by atoms with Crippen molar-refractivity contribution in [1.29, 1.82) is 0 Å². The molecule has 2 aliphatic rings. The van der Waals surface area contributed by atoms with E-state index in [1.165, 1.54) is 19.0 Å². The lowest BCUT2D eigenvalue weighted by Gasteiger charge is -2.45. The lowest BCUT2D eigenvalue weighted by atomic mass is 10.0. The van der Waals surface area contributed by atoms with Crippen molar-refractivity contribution in [2.45, 2.75) is 31.8 Å². The molecule has 0 aromatic carbocycles. The second-order valence-electron chi connectivity index (χ2n) is 6.92. The van der Waals surface area contributed by atoms with Crippen LogP contribution in [0.15, 0.2) is 12.3 Å². The van der Waals surface area contributed by atoms with Crippen molar-refractivity contribution in [1.82, 2.24) is 15.2 Å². The van der Waals surface area contributed by atoms with Gasteiger partial charge in [-0.3, -0.25) is 9.62 Å². The normalized spacial score (nSPS) is 23.6. The number of nitrogens with zero attached hydrogens (tertiary/aromatic N) is 3. The first-order valence-electron chi connectivity index (χ1n) is 8.68. The third kappa shape index (κ3) is 4.75. The summed E-state index contributed by atoms with van der Waals surface area (Å²) >= 11 is 6.36. The smallest absolute Gasteiger partial charge is 0.229 e. The lowest BCUT2D eigenvalue weighted by molar-refractivity contribution is 0.105. The minimum absolute atomic E-state index is 0.387. The molecule has 2 N–H and O–H groups in total. The van der Waals surface area contributed by atoms with E-state index in [4.69, 9.17) is 11.6 Å². The molecule has 0 radical (unpaired) electrons. The van der Waals surface area contributed by atoms with Crippen LogP contribution in [-0.4, -0.2) is 69.4 Å². The number of hydrogen-bond donors (Lipinski definition) is 2. The zero-order valence-corrected chi connectivity index (χ0v) is 16.3. The maximum atomic E-state index is 11.3. The predicted molar refractivity (Wildman–Crippen MR) is 102 cm³/mol. The number of anilines is 2. The van der Waals surface area contributed by atoms with Crippen LogP contribution in [-0.2, 0) is 10.0 Å². The largest absolute Gasteiger partial charge is 0.353 e. The first kappa shape index (κ1) is 18.7. The predicted octanol–water partition coefficient (Wildman–Crippen LogP) is 1.37. The van der Waals surface area contributed by atoms with E-state index in [2.05, 4.69) is 31.7 Å². The molecule has 9 heteroatoms. The Labute approximate surface area is 154 Å². The third-order valence-electron chi connectivity index (χ3n) is 4.88. The van der Waals surface area contributed by atoms with Gasteiger partial charge < -0.3 is 10.2 Å². The number of piperazine rings is 1. The third-order valence-corrected chi connectivity index (χ3v) is 5.77. The maximum Gasteiger partial charge on any atom is 0.229 e. The number of sulfonamides is 1. The highest BCUT2D eigenvalue weighted by Crippen LogP contribution is 2.29. The number of rotatable bonds is 4. The van der Waals surface area contributed by atoms with Crippen LogP contribution in [0.25, 0.3) is 0 Å². The fourth-order valence-corrected chi connectivity index (χ4v) is 4.60. The van der Waals surface area contributed by atoms with E-state index in [1.807, 2.05) is 0 Å². The number of halogens is 1. The number of nitrogens with one attached hydrogen (secondary N) is 2. The highest BCUT2D eigenvalue weighted by molar-refractivity contribution is 7.92. The molecule has 7 nitrogen and oxygen atoms in total. The van der Waals surface area contributed by atoms with E-state index in [9.17, 15) is 8.42 Å². The molecule has 1 aromatic heterocycles. The molecule has 0 amide bonds. The SMILES string of the molecule is CC1CN(c2ncc(NS(C)(=O)=O)cc2Cl)CCN1C1CCNCC1. The molecule has 2 aliphatic heterocycles. The van der Waals surface area contributed by atoms with Crippen LogP contribution in [0.3, 0.4) is 0 Å². The number of hydrogen-bond acceptors (Lipinski definition) is 6. The van der Waals surface area contributed by atoms with Gasteiger partial charge in [0.25, 0.3) is 0 Å². The van der Waals surface area contributed by atoms with Gasteiger partial charge in [0.2, 0.25) is 10.0 Å². The summed E-state index contributed by atoms with van der Waals surface area (Å²) in [5.74, 6) is 0.720. The van der Waals surface area contributed by atoms with Crippen LogP contribution in [0, 0.1) is 0 Å². The average Bonchev–Trinajstić information content (AvgIpc) is 2.54. The quantitative estimate of drug-likeness (QED) is 0.812. The van der Waals surface area contributed by atoms with Gasteiger partial charge in [0.05, 0.1) is 23.2 Å². The highest BCUT2D eigenvalue weighted by atomic mass is 35.5. The van der Waals surface area contributed by atoms with Gasteiger partial charge in [-0.1, -0.05) is 11.6 Å². The van der Waals surface area contributed by atoms with Crippen LogP contribution in [0.4, 0.5) is 11.5 Å². The summed E-state index contributed by atoms with van der Waals surface area (Å²) in [5.41, 5.74) is 0.387. The van der Waals surface area contributed by atoms with Gasteiger partial charge in [-0.15, -0.1) is 0 Å². The molecule has 1 unspecified atom stereocenters. The van der Waals surface area contributed by atoms with Crippen LogP contribution in [0.1, 0.15) is 19.8 Å². The van der Waals surface area contributed by atoms with Crippen molar-refractivity contribution in [3.05, 3.63) is 17.3 Å². The standard InChI is InChI=1S/C16H26ClN5O2S/c1-12-11-21(7-8-22(12)14-3-5-18-6-4-14)16-15(17)9-13(10-19-16)20-25(2,23)24/h9-10,12,14,18,20H,3-8,11H2,1-2H3. The molecule has 0 saturated carbocycles. The molecule has 3 rings (SSSR count). The molecule has 0 aliphatic carbocycles. The molecule has 1 atom stereocenters. The van der Waals surface area contributed by atoms with Crippen molar-refractivity contribution >= 4 is 33.1 Å². The number of piperidine rings is 1. The van der Waals surface area contributed by atoms with Crippen LogP contribution >= 0.6 is 11.6 Å². The molecular weight excluding hydrogens is 362 g/mol. The summed E-state index contributed by atoms with van der Waals surface area (Å²) in [4.78, 5) is 9.19. The Morgan fingerprint density at radius 3 is 2.64 bits per heavy atom. The van der Waals surface area contributed by atoms with Crippen LogP contribution < -0.4 is 14.9 Å². The van der Waals surface area contributed by atoms with Gasteiger partial charge in [-0.25, -0.2) is 13.4 Å². The second kappa shape index (κ2) is 7.65. The second-order valence-corrected chi connectivity index (χ2v) is 9.07. The van der Waals surface area contributed by atoms with E-state index in [0.717, 1.165) is 44.8 Å². The van der Waals surface area contributed by atoms with Crippen molar-refractivity contribution < 1.29 is 8.42 Å². The lowest BCUT2D eigenvalue weighted by Crippen LogP contribution is -2.57. The molecule has 3 heterocycles. The summed E-state index contributed by atoms with van der Waals surface area (Å²) in [7, 11) is -3.33. The average molecular weight is 388 g/mol. The molecule has 1 aromatic rings. The van der Waals surface area contributed by atoms with Crippen molar-refractivity contribution in [3.63, 3.8) is 0 Å². The Bertz CT molecular complexity index is 708. The Kier molecular flexibility index (Phi) is 5.72. The number of aromatic nitrogens is 1. The summed E-state index contributed by atoms with van der Waals surface area (Å²) in [5, 5.41) is 3.89. The number of pyridine rings is 1. The fraction of sp³-hybridized carbons (Fsp3) is 0.688. The Hall–Kier alpha value is -1.09. The van der Waals surface area contributed by atoms with Crippen molar-refractivity contribution in [3.8, 4) is 0 Å². The zero-order chi connectivity index (χ0) is 18.0. The summed E-state index contributed by atoms with van der Waals surface area (Å²) < 4.78 is 25.1. The Morgan fingerprint density at radius 1 is 1.32 bits per heavy atom. The van der Waals surface area contributed by atoms with Gasteiger partial charge in [-0.2, -0.15) is 0 Å². The van der Waals surface area contributed by atoms with E-state index in [-0.39, 0.29) is 0 Å². The summed E-state index contributed by atoms with van der Waals surface area (Å²) in [6, 6.07) is 2.71. The first-order chi connectivity index (χ1) is 11.8. The first-order valence-corrected chi connectivity index (χ1v) is 10.9. The Morgan fingerprint density at radius 2 is 2.04 bits per heavy atom. The highest BCUT2D eigenvalue weighted by Gasteiger charge is 2.31. The minimum Gasteiger partial charge on any atom is -0.353 e. The monoisotopic (exact) mass is 387 g/mol. The fourth-order valence-electron chi connectivity index (χ4n) is 3.78. The van der Waals surface area contributed by atoms with E-state index < -0.39 is 10.0 Å². The van der Waals surface area contributed by atoms with Crippen molar-refractivity contribution in [2.24, 2.45) is 0 Å². The minimum atomic E-state index is -3.33. The van der Waals surface area contributed by atoms with Gasteiger partial charge in [0.1, 0.15) is 5.82 Å². The maximum absolute atomic E-state index is 11.3. The van der Waals surface area contributed by atoms with E-state index in [1.54, 1.807) is 6.07 Å². The summed E-state index contributed by atoms with van der Waals surface area (Å²) in [6.07, 6.45) is 5.03. The molecule has 2 fully saturated rings. The summed E-state index contributed by atoms with van der Waals surface area (Å²) in [6.45, 7) is 7.18. The molecule has 0 bridgehead atoms. The molecule has 25 heavy (non-hydrogen) atoms. The van der Waals surface area contributed by atoms with Gasteiger partial charge in [0.15, 0.2) is 0 Å². The van der Waals surface area contributed by atoms with Crippen LogP contribution in [0.5, 0.6) is 0 Å². The molecule has 2 saturated heterocycles.